The lowest BCUT2D eigenvalue weighted by molar-refractivity contribution is 0.0954. The molecule has 0 aliphatic heterocycles. The van der Waals surface area contributed by atoms with Crippen LogP contribution in [0.2, 0.25) is 0 Å². The molecule has 0 saturated carbocycles. The molecule has 1 N–H and O–H groups in total. The molecule has 0 atom stereocenters. The normalized spacial score (nSPS) is 11.0. The molecular weight excluding hydrogens is 410 g/mol. The number of hydrogen-bond acceptors (Lipinski definition) is 4. The van der Waals surface area contributed by atoms with Gasteiger partial charge in [-0.25, -0.2) is 8.42 Å². The van der Waals surface area contributed by atoms with Gasteiger partial charge in [0.15, 0.2) is 0 Å². The number of hydrogen-bond donors (Lipinski definition) is 1. The van der Waals surface area contributed by atoms with Gasteiger partial charge in [-0.05, 0) is 55.5 Å². The molecule has 162 valence electrons. The van der Waals surface area contributed by atoms with E-state index in [0.29, 0.717) is 24.3 Å². The highest BCUT2D eigenvalue weighted by Gasteiger charge is 2.23. The SMILES string of the molecule is CCN(c1ccc(C(=O)NCCN(C)c2ccccc2)cc1)S(=O)(=O)c1ccccc1. The Kier molecular flexibility index (Phi) is 7.31. The topological polar surface area (TPSA) is 69.7 Å². The molecule has 1 amide bonds. The molecule has 0 aromatic heterocycles. The van der Waals surface area contributed by atoms with Gasteiger partial charge >= 0.3 is 0 Å². The second kappa shape index (κ2) is 10.1. The van der Waals surface area contributed by atoms with Crippen molar-refractivity contribution in [2.75, 3.05) is 35.9 Å². The van der Waals surface area contributed by atoms with Crippen molar-refractivity contribution in [3.63, 3.8) is 0 Å². The van der Waals surface area contributed by atoms with Crippen molar-refractivity contribution in [1.82, 2.24) is 5.32 Å². The van der Waals surface area contributed by atoms with Crippen LogP contribution in [-0.4, -0.2) is 41.0 Å². The first-order chi connectivity index (χ1) is 14.9. The van der Waals surface area contributed by atoms with Gasteiger partial charge in [0.2, 0.25) is 0 Å². The van der Waals surface area contributed by atoms with Gasteiger partial charge in [0.1, 0.15) is 0 Å². The molecule has 0 heterocycles. The standard InChI is InChI=1S/C24H27N3O3S/c1-3-27(31(29,30)23-12-8-5-9-13-23)22-16-14-20(15-17-22)24(28)25-18-19-26(2)21-10-6-4-7-11-21/h4-17H,3,18-19H2,1-2H3,(H,25,28). The van der Waals surface area contributed by atoms with Gasteiger partial charge in [0.05, 0.1) is 10.6 Å². The van der Waals surface area contributed by atoms with E-state index in [9.17, 15) is 13.2 Å². The smallest absolute Gasteiger partial charge is 0.264 e. The summed E-state index contributed by atoms with van der Waals surface area (Å²) in [6.07, 6.45) is 0. The van der Waals surface area contributed by atoms with Crippen molar-refractivity contribution < 1.29 is 13.2 Å². The van der Waals surface area contributed by atoms with Crippen molar-refractivity contribution in [3.8, 4) is 0 Å². The molecule has 0 aliphatic rings. The minimum atomic E-state index is -3.66. The van der Waals surface area contributed by atoms with Gasteiger partial charge in [-0.1, -0.05) is 36.4 Å². The molecule has 3 aromatic carbocycles. The fourth-order valence-electron chi connectivity index (χ4n) is 3.24. The summed E-state index contributed by atoms with van der Waals surface area (Å²) in [5, 5.41) is 2.91. The predicted octanol–water partition coefficient (Wildman–Crippen LogP) is 3.77. The van der Waals surface area contributed by atoms with Gasteiger partial charge in [0, 0.05) is 37.9 Å². The molecule has 0 radical (unpaired) electrons. The monoisotopic (exact) mass is 437 g/mol. The molecular formula is C24H27N3O3S. The Morgan fingerprint density at radius 1 is 0.839 bits per heavy atom. The molecule has 0 bridgehead atoms. The van der Waals surface area contributed by atoms with Gasteiger partial charge in [0.25, 0.3) is 15.9 Å². The molecule has 6 nitrogen and oxygen atoms in total. The van der Waals surface area contributed by atoms with Gasteiger partial charge < -0.3 is 10.2 Å². The number of amides is 1. The Balaban J connectivity index is 1.63. The minimum Gasteiger partial charge on any atom is -0.373 e. The third-order valence-corrected chi connectivity index (χ3v) is 6.88. The first-order valence-electron chi connectivity index (χ1n) is 10.2. The van der Waals surface area contributed by atoms with E-state index in [-0.39, 0.29) is 17.3 Å². The lowest BCUT2D eigenvalue weighted by atomic mass is 10.2. The molecule has 7 heteroatoms. The Bertz CT molecular complexity index is 1090. The van der Waals surface area contributed by atoms with Crippen LogP contribution in [0.15, 0.2) is 89.8 Å². The van der Waals surface area contributed by atoms with E-state index in [4.69, 9.17) is 0 Å². The van der Waals surface area contributed by atoms with E-state index >= 15 is 0 Å². The molecule has 3 rings (SSSR count). The fraction of sp³-hybridized carbons (Fsp3) is 0.208. The van der Waals surface area contributed by atoms with Crippen LogP contribution in [0.5, 0.6) is 0 Å². The van der Waals surface area contributed by atoms with E-state index in [1.54, 1.807) is 61.5 Å². The van der Waals surface area contributed by atoms with Crippen LogP contribution in [0, 0.1) is 0 Å². The number of nitrogens with one attached hydrogen (secondary N) is 1. The number of carbonyl (C=O) groups is 1. The maximum atomic E-state index is 12.9. The Hall–Kier alpha value is -3.32. The largest absolute Gasteiger partial charge is 0.373 e. The Morgan fingerprint density at radius 2 is 1.42 bits per heavy atom. The second-order valence-electron chi connectivity index (χ2n) is 7.04. The number of sulfonamides is 1. The van der Waals surface area contributed by atoms with Crippen LogP contribution in [0.1, 0.15) is 17.3 Å². The zero-order chi connectivity index (χ0) is 22.3. The van der Waals surface area contributed by atoms with Crippen molar-refractivity contribution in [2.24, 2.45) is 0 Å². The Labute approximate surface area is 184 Å². The first-order valence-corrected chi connectivity index (χ1v) is 11.6. The number of anilines is 2. The molecule has 0 unspecified atom stereocenters. The van der Waals surface area contributed by atoms with Gasteiger partial charge in [-0.15, -0.1) is 0 Å². The average molecular weight is 438 g/mol. The van der Waals surface area contributed by atoms with E-state index in [1.807, 2.05) is 37.4 Å². The van der Waals surface area contributed by atoms with Crippen LogP contribution >= 0.6 is 0 Å². The third kappa shape index (κ3) is 5.44. The third-order valence-electron chi connectivity index (χ3n) is 4.97. The Morgan fingerprint density at radius 3 is 2.00 bits per heavy atom. The summed E-state index contributed by atoms with van der Waals surface area (Å²) in [4.78, 5) is 14.8. The summed E-state index contributed by atoms with van der Waals surface area (Å²) in [6.45, 7) is 3.24. The highest BCUT2D eigenvalue weighted by molar-refractivity contribution is 7.92. The quantitative estimate of drug-likeness (QED) is 0.553. The lowest BCUT2D eigenvalue weighted by Gasteiger charge is -2.23. The van der Waals surface area contributed by atoms with E-state index in [1.165, 1.54) is 4.31 Å². The van der Waals surface area contributed by atoms with Crippen LogP contribution in [0.3, 0.4) is 0 Å². The fourth-order valence-corrected chi connectivity index (χ4v) is 4.74. The summed E-state index contributed by atoms with van der Waals surface area (Å²) in [6, 6.07) is 24.9. The zero-order valence-electron chi connectivity index (χ0n) is 17.7. The van der Waals surface area contributed by atoms with Crippen LogP contribution in [0.4, 0.5) is 11.4 Å². The summed E-state index contributed by atoms with van der Waals surface area (Å²) < 4.78 is 27.2. The molecule has 31 heavy (non-hydrogen) atoms. The lowest BCUT2D eigenvalue weighted by Crippen LogP contribution is -2.33. The number of benzene rings is 3. The summed E-state index contributed by atoms with van der Waals surface area (Å²) >= 11 is 0. The number of rotatable bonds is 9. The van der Waals surface area contributed by atoms with E-state index in [0.717, 1.165) is 5.69 Å². The molecule has 3 aromatic rings. The molecule has 0 aliphatic carbocycles. The van der Waals surface area contributed by atoms with E-state index < -0.39 is 10.0 Å². The average Bonchev–Trinajstić information content (AvgIpc) is 2.81. The summed E-state index contributed by atoms with van der Waals surface area (Å²) in [5.74, 6) is -0.193. The highest BCUT2D eigenvalue weighted by Crippen LogP contribution is 2.23. The van der Waals surface area contributed by atoms with E-state index in [2.05, 4.69) is 10.2 Å². The van der Waals surface area contributed by atoms with Crippen molar-refractivity contribution in [2.45, 2.75) is 11.8 Å². The summed E-state index contributed by atoms with van der Waals surface area (Å²) in [5.41, 5.74) is 2.09. The van der Waals surface area contributed by atoms with Crippen LogP contribution in [-0.2, 0) is 10.0 Å². The highest BCUT2D eigenvalue weighted by atomic mass is 32.2. The maximum Gasteiger partial charge on any atom is 0.264 e. The number of nitrogens with zero attached hydrogens (tertiary/aromatic N) is 2. The second-order valence-corrected chi connectivity index (χ2v) is 8.91. The van der Waals surface area contributed by atoms with Gasteiger partial charge in [-0.3, -0.25) is 9.10 Å². The number of likely N-dealkylation sites (N-methyl/N-ethyl adjacent to an activating group) is 1. The first kappa shape index (κ1) is 22.4. The maximum absolute atomic E-state index is 12.9. The van der Waals surface area contributed by atoms with Crippen LogP contribution < -0.4 is 14.5 Å². The molecule has 0 spiro atoms. The van der Waals surface area contributed by atoms with Crippen molar-refractivity contribution in [3.05, 3.63) is 90.5 Å². The van der Waals surface area contributed by atoms with Crippen molar-refractivity contribution >= 4 is 27.3 Å². The molecule has 0 saturated heterocycles. The minimum absolute atomic E-state index is 0.193. The van der Waals surface area contributed by atoms with Crippen molar-refractivity contribution in [1.29, 1.82) is 0 Å². The number of para-hydroxylation sites is 1. The van der Waals surface area contributed by atoms with Crippen LogP contribution in [0.25, 0.3) is 0 Å². The van der Waals surface area contributed by atoms with Gasteiger partial charge in [-0.2, -0.15) is 0 Å². The zero-order valence-corrected chi connectivity index (χ0v) is 18.5. The predicted molar refractivity (Wildman–Crippen MR) is 125 cm³/mol. The number of carbonyl (C=O) groups excluding carboxylic acids is 1. The summed E-state index contributed by atoms with van der Waals surface area (Å²) in [7, 11) is -1.69. The molecule has 0 fully saturated rings.